The van der Waals surface area contributed by atoms with E-state index in [-0.39, 0.29) is 11.4 Å². The van der Waals surface area contributed by atoms with Crippen molar-refractivity contribution < 1.29 is 14.4 Å². The fourth-order valence-electron chi connectivity index (χ4n) is 2.22. The maximum atomic E-state index is 12.2. The lowest BCUT2D eigenvalue weighted by atomic mass is 10.1. The Balaban J connectivity index is 2.01. The predicted molar refractivity (Wildman–Crippen MR) is 104 cm³/mol. The van der Waals surface area contributed by atoms with E-state index in [9.17, 15) is 14.4 Å². The van der Waals surface area contributed by atoms with Crippen molar-refractivity contribution in [3.8, 4) is 0 Å². The van der Waals surface area contributed by atoms with Crippen LogP contribution in [0.15, 0.2) is 54.1 Å². The summed E-state index contributed by atoms with van der Waals surface area (Å²) in [6.07, 6.45) is 1.23. The van der Waals surface area contributed by atoms with Gasteiger partial charge in [0, 0.05) is 33.6 Å². The summed E-state index contributed by atoms with van der Waals surface area (Å²) in [6.45, 7) is 4.85. The number of hydrogen-bond acceptors (Lipinski definition) is 3. The summed E-state index contributed by atoms with van der Waals surface area (Å²) in [7, 11) is 0. The maximum Gasteiger partial charge on any atom is 0.251 e. The lowest BCUT2D eigenvalue weighted by molar-refractivity contribution is -0.114. The molecule has 0 heterocycles. The second-order valence-electron chi connectivity index (χ2n) is 5.86. The largest absolute Gasteiger partial charge is 0.322 e. The monoisotopic (exact) mass is 370 g/mol. The molecule has 0 radical (unpaired) electrons. The molecule has 0 atom stereocenters. The van der Waals surface area contributed by atoms with Gasteiger partial charge in [-0.3, -0.25) is 14.4 Å². The van der Waals surface area contributed by atoms with Gasteiger partial charge in [0.2, 0.25) is 5.91 Å². The number of benzene rings is 2. The van der Waals surface area contributed by atoms with Crippen LogP contribution in [0, 0.1) is 6.92 Å². The zero-order valence-electron chi connectivity index (χ0n) is 14.7. The van der Waals surface area contributed by atoms with Crippen molar-refractivity contribution >= 4 is 40.6 Å². The van der Waals surface area contributed by atoms with Gasteiger partial charge >= 0.3 is 0 Å². The van der Waals surface area contributed by atoms with Crippen molar-refractivity contribution in [2.45, 2.75) is 20.8 Å². The zero-order valence-corrected chi connectivity index (χ0v) is 15.5. The molecule has 0 unspecified atom stereocenters. The fraction of sp³-hybridized carbons (Fsp3) is 0.150. The molecule has 0 fully saturated rings. The highest BCUT2D eigenvalue weighted by Gasteiger charge is 2.09. The molecule has 134 valence electrons. The Morgan fingerprint density at radius 1 is 0.962 bits per heavy atom. The number of aryl methyl sites for hydroxylation is 1. The number of hydrogen-bond donors (Lipinski definition) is 2. The number of carbonyl (C=O) groups is 3. The normalized spacial score (nSPS) is 11.0. The van der Waals surface area contributed by atoms with Crippen molar-refractivity contribution in [3.63, 3.8) is 0 Å². The molecule has 0 aliphatic carbocycles. The van der Waals surface area contributed by atoms with Crippen LogP contribution in [-0.4, -0.2) is 17.6 Å². The average molecular weight is 371 g/mol. The molecule has 0 aromatic heterocycles. The Kier molecular flexibility index (Phi) is 6.31. The Bertz CT molecular complexity index is 886. The highest BCUT2D eigenvalue weighted by molar-refractivity contribution is 6.30. The molecule has 0 aliphatic rings. The molecule has 2 rings (SSSR count). The molecule has 0 aliphatic heterocycles. The van der Waals surface area contributed by atoms with E-state index in [0.29, 0.717) is 22.0 Å². The summed E-state index contributed by atoms with van der Waals surface area (Å²) in [6, 6.07) is 11.7. The number of nitrogens with one attached hydrogen (secondary N) is 2. The van der Waals surface area contributed by atoms with E-state index in [1.165, 1.54) is 13.0 Å². The second-order valence-corrected chi connectivity index (χ2v) is 6.30. The van der Waals surface area contributed by atoms with E-state index in [1.54, 1.807) is 49.4 Å². The summed E-state index contributed by atoms with van der Waals surface area (Å²) in [5, 5.41) is 5.98. The van der Waals surface area contributed by atoms with Gasteiger partial charge in [-0.25, -0.2) is 0 Å². The number of ketones is 1. The fourth-order valence-corrected chi connectivity index (χ4v) is 2.44. The van der Waals surface area contributed by atoms with Crippen LogP contribution in [0.2, 0.25) is 5.02 Å². The molecule has 0 saturated heterocycles. The van der Waals surface area contributed by atoms with Crippen LogP contribution in [0.1, 0.15) is 29.8 Å². The third kappa shape index (κ3) is 5.29. The Morgan fingerprint density at radius 2 is 1.62 bits per heavy atom. The Labute approximate surface area is 157 Å². The van der Waals surface area contributed by atoms with Crippen LogP contribution in [0.25, 0.3) is 0 Å². The molecule has 26 heavy (non-hydrogen) atoms. The average Bonchev–Trinajstić information content (AvgIpc) is 2.57. The van der Waals surface area contributed by atoms with Gasteiger partial charge in [0.05, 0.1) is 0 Å². The number of carbonyl (C=O) groups excluding carboxylic acids is 3. The number of anilines is 2. The SMILES string of the molecule is CC(=O)c1ccc(NC(=O)/C(C)=C\C(=O)Nc2ccc(Cl)cc2C)cc1. The van der Waals surface area contributed by atoms with E-state index in [0.717, 1.165) is 5.56 Å². The predicted octanol–water partition coefficient (Wildman–Crippen LogP) is 4.37. The quantitative estimate of drug-likeness (QED) is 0.606. The van der Waals surface area contributed by atoms with Crippen LogP contribution in [0.3, 0.4) is 0 Å². The van der Waals surface area contributed by atoms with Crippen molar-refractivity contribution in [3.05, 3.63) is 70.3 Å². The first-order valence-corrected chi connectivity index (χ1v) is 8.32. The van der Waals surface area contributed by atoms with Gasteiger partial charge < -0.3 is 10.6 Å². The molecule has 5 nitrogen and oxygen atoms in total. The van der Waals surface area contributed by atoms with Crippen molar-refractivity contribution in [2.75, 3.05) is 10.6 Å². The minimum atomic E-state index is -0.407. The van der Waals surface area contributed by atoms with E-state index in [1.807, 2.05) is 6.92 Å². The molecular formula is C20H19ClN2O3. The third-order valence-electron chi connectivity index (χ3n) is 3.70. The van der Waals surface area contributed by atoms with Crippen molar-refractivity contribution in [1.82, 2.24) is 0 Å². The molecular weight excluding hydrogens is 352 g/mol. The van der Waals surface area contributed by atoms with Gasteiger partial charge in [0.25, 0.3) is 5.91 Å². The number of Topliss-reactive ketones (excluding diaryl/α,β-unsaturated/α-hetero) is 1. The first-order chi connectivity index (χ1) is 12.3. The van der Waals surface area contributed by atoms with Gasteiger partial charge in [-0.05, 0) is 68.8 Å². The van der Waals surface area contributed by atoms with Crippen LogP contribution in [0.4, 0.5) is 11.4 Å². The summed E-state index contributed by atoms with van der Waals surface area (Å²) in [5.41, 5.74) is 2.81. The minimum Gasteiger partial charge on any atom is -0.322 e. The number of amides is 2. The second kappa shape index (κ2) is 8.45. The van der Waals surface area contributed by atoms with Gasteiger partial charge in [-0.2, -0.15) is 0 Å². The lowest BCUT2D eigenvalue weighted by Crippen LogP contribution is -2.16. The maximum absolute atomic E-state index is 12.2. The highest BCUT2D eigenvalue weighted by atomic mass is 35.5. The standard InChI is InChI=1S/C20H19ClN2O3/c1-12-10-16(21)6-9-18(12)23-19(25)11-13(2)20(26)22-17-7-4-15(5-8-17)14(3)24/h4-11H,1-3H3,(H,22,26)(H,23,25)/b13-11-. The third-order valence-corrected chi connectivity index (χ3v) is 3.94. The molecule has 2 N–H and O–H groups in total. The van der Waals surface area contributed by atoms with Gasteiger partial charge in [-0.1, -0.05) is 11.6 Å². The zero-order chi connectivity index (χ0) is 19.3. The van der Waals surface area contributed by atoms with Crippen molar-refractivity contribution in [1.29, 1.82) is 0 Å². The Morgan fingerprint density at radius 3 is 2.19 bits per heavy atom. The highest BCUT2D eigenvalue weighted by Crippen LogP contribution is 2.19. The smallest absolute Gasteiger partial charge is 0.251 e. The van der Waals surface area contributed by atoms with E-state index in [2.05, 4.69) is 10.6 Å². The topological polar surface area (TPSA) is 75.3 Å². The first-order valence-electron chi connectivity index (χ1n) is 7.94. The van der Waals surface area contributed by atoms with Crippen LogP contribution in [-0.2, 0) is 9.59 Å². The van der Waals surface area contributed by atoms with Crippen LogP contribution >= 0.6 is 11.6 Å². The molecule has 2 aromatic carbocycles. The molecule has 0 saturated carbocycles. The molecule has 2 amide bonds. The molecule has 0 bridgehead atoms. The van der Waals surface area contributed by atoms with Gasteiger partial charge in [-0.15, -0.1) is 0 Å². The van der Waals surface area contributed by atoms with E-state index >= 15 is 0 Å². The molecule has 6 heteroatoms. The van der Waals surface area contributed by atoms with Gasteiger partial charge in [0.15, 0.2) is 5.78 Å². The number of rotatable bonds is 5. The summed E-state index contributed by atoms with van der Waals surface area (Å²) in [4.78, 5) is 35.5. The van der Waals surface area contributed by atoms with Crippen LogP contribution in [0.5, 0.6) is 0 Å². The van der Waals surface area contributed by atoms with Gasteiger partial charge in [0.1, 0.15) is 0 Å². The lowest BCUT2D eigenvalue weighted by Gasteiger charge is -2.08. The Hall–Kier alpha value is -2.92. The van der Waals surface area contributed by atoms with E-state index in [4.69, 9.17) is 11.6 Å². The first kappa shape index (κ1) is 19.4. The summed E-state index contributed by atoms with van der Waals surface area (Å²) in [5.74, 6) is -0.855. The number of halogens is 1. The minimum absolute atomic E-state index is 0.0480. The van der Waals surface area contributed by atoms with Crippen LogP contribution < -0.4 is 10.6 Å². The van der Waals surface area contributed by atoms with Crippen molar-refractivity contribution in [2.24, 2.45) is 0 Å². The molecule has 0 spiro atoms. The molecule has 2 aromatic rings. The summed E-state index contributed by atoms with van der Waals surface area (Å²) >= 11 is 5.89. The van der Waals surface area contributed by atoms with E-state index < -0.39 is 11.8 Å². The summed E-state index contributed by atoms with van der Waals surface area (Å²) < 4.78 is 0.